The van der Waals surface area contributed by atoms with Gasteiger partial charge < -0.3 is 24.4 Å². The van der Waals surface area contributed by atoms with Crippen LogP contribution in [0.5, 0.6) is 11.5 Å². The van der Waals surface area contributed by atoms with Crippen LogP contribution in [0.15, 0.2) is 97.1 Å². The minimum atomic E-state index is -0.461. The lowest BCUT2D eigenvalue weighted by Gasteiger charge is -2.26. The van der Waals surface area contributed by atoms with E-state index in [0.717, 1.165) is 16.7 Å². The maximum atomic E-state index is 13.1. The number of anilines is 1. The van der Waals surface area contributed by atoms with Gasteiger partial charge in [0, 0.05) is 46.0 Å². The first kappa shape index (κ1) is 34.5. The number of amides is 2. The van der Waals surface area contributed by atoms with Crippen LogP contribution in [0.2, 0.25) is 10.0 Å². The molecule has 1 N–H and O–H groups in total. The van der Waals surface area contributed by atoms with E-state index in [1.807, 2.05) is 30.3 Å². The third-order valence-corrected chi connectivity index (χ3v) is 7.64. The molecule has 0 saturated carbocycles. The second-order valence-electron chi connectivity index (χ2n) is 9.88. The number of nitrogens with zero attached hydrogens (tertiary/aromatic N) is 1. The first-order chi connectivity index (χ1) is 22.2. The Bertz CT molecular complexity index is 1690. The van der Waals surface area contributed by atoms with Crippen LogP contribution in [0, 0.1) is 0 Å². The molecule has 1 aliphatic rings. The Kier molecular flexibility index (Phi) is 12.6. The number of halogens is 3. The predicted molar refractivity (Wildman–Crippen MR) is 182 cm³/mol. The maximum absolute atomic E-state index is 13.1. The fourth-order valence-electron chi connectivity index (χ4n) is 4.45. The van der Waals surface area contributed by atoms with E-state index in [1.165, 1.54) is 0 Å². The number of rotatable bonds is 8. The molecule has 11 heteroatoms. The van der Waals surface area contributed by atoms with Crippen molar-refractivity contribution in [3.63, 3.8) is 0 Å². The summed E-state index contributed by atoms with van der Waals surface area (Å²) >= 11 is 16.6. The molecule has 4 aromatic rings. The summed E-state index contributed by atoms with van der Waals surface area (Å²) in [7, 11) is 3.15. The molecule has 1 fully saturated rings. The van der Waals surface area contributed by atoms with Crippen molar-refractivity contribution in [3.05, 3.63) is 129 Å². The van der Waals surface area contributed by atoms with Gasteiger partial charge in [0.15, 0.2) is 11.5 Å². The quantitative estimate of drug-likeness (QED) is 0.152. The third-order valence-electron chi connectivity index (χ3n) is 6.92. The van der Waals surface area contributed by atoms with Crippen molar-refractivity contribution >= 4 is 63.1 Å². The number of benzene rings is 4. The van der Waals surface area contributed by atoms with Gasteiger partial charge in [0.1, 0.15) is 0 Å². The van der Waals surface area contributed by atoms with Gasteiger partial charge in [-0.2, -0.15) is 0 Å². The van der Waals surface area contributed by atoms with E-state index in [0.29, 0.717) is 64.7 Å². The first-order valence-corrected chi connectivity index (χ1v) is 15.3. The van der Waals surface area contributed by atoms with Gasteiger partial charge in [0.05, 0.1) is 27.4 Å². The number of morpholine rings is 1. The Morgan fingerprint density at radius 2 is 1.24 bits per heavy atom. The molecule has 4 aromatic carbocycles. The van der Waals surface area contributed by atoms with Gasteiger partial charge in [-0.3, -0.25) is 14.4 Å². The molecule has 0 atom stereocenters. The average Bonchev–Trinajstić information content (AvgIpc) is 3.08. The molecule has 2 amide bonds. The van der Waals surface area contributed by atoms with Crippen LogP contribution >= 0.6 is 34.8 Å². The van der Waals surface area contributed by atoms with Crippen molar-refractivity contribution in [1.29, 1.82) is 0 Å². The van der Waals surface area contributed by atoms with E-state index in [1.54, 1.807) is 85.9 Å². The first-order valence-electron chi connectivity index (χ1n) is 14.1. The molecule has 0 aromatic heterocycles. The number of hydrogen-bond acceptors (Lipinski definition) is 6. The number of methoxy groups -OCH3 is 2. The van der Waals surface area contributed by atoms with Crippen LogP contribution in [0.3, 0.4) is 0 Å². The fraction of sp³-hybridized carbons (Fsp3) is 0.171. The highest BCUT2D eigenvalue weighted by atomic mass is 35.5. The minimum absolute atomic E-state index is 0.0943. The van der Waals surface area contributed by atoms with Crippen LogP contribution in [0.4, 0.5) is 5.69 Å². The molecular weight excluding hydrogens is 651 g/mol. The van der Waals surface area contributed by atoms with E-state index in [-0.39, 0.29) is 11.8 Å². The van der Waals surface area contributed by atoms with Crippen molar-refractivity contribution < 1.29 is 28.6 Å². The van der Waals surface area contributed by atoms with Gasteiger partial charge in [-0.25, -0.2) is 0 Å². The lowest BCUT2D eigenvalue weighted by atomic mass is 9.96. The second kappa shape index (κ2) is 16.8. The van der Waals surface area contributed by atoms with Crippen LogP contribution < -0.4 is 14.8 Å². The summed E-state index contributed by atoms with van der Waals surface area (Å²) in [5.74, 6) is 0.827. The summed E-state index contributed by atoms with van der Waals surface area (Å²) < 4.78 is 16.2. The summed E-state index contributed by atoms with van der Waals surface area (Å²) in [4.78, 5) is 37.9. The zero-order valence-corrected chi connectivity index (χ0v) is 27.4. The Labute approximate surface area is 282 Å². The van der Waals surface area contributed by atoms with E-state index < -0.39 is 5.24 Å². The highest BCUT2D eigenvalue weighted by Gasteiger charge is 2.18. The van der Waals surface area contributed by atoms with Gasteiger partial charge in [-0.05, 0) is 101 Å². The molecule has 0 bridgehead atoms. The Morgan fingerprint density at radius 3 is 1.78 bits per heavy atom. The topological polar surface area (TPSA) is 94.2 Å². The molecule has 46 heavy (non-hydrogen) atoms. The van der Waals surface area contributed by atoms with E-state index >= 15 is 0 Å². The van der Waals surface area contributed by atoms with Crippen LogP contribution in [-0.4, -0.2) is 62.5 Å². The smallest absolute Gasteiger partial charge is 0.255 e. The molecule has 1 heterocycles. The summed E-state index contributed by atoms with van der Waals surface area (Å²) in [5.41, 5.74) is 3.94. The van der Waals surface area contributed by atoms with Crippen molar-refractivity contribution in [2.45, 2.75) is 0 Å². The van der Waals surface area contributed by atoms with Crippen molar-refractivity contribution in [1.82, 2.24) is 4.90 Å². The summed E-state index contributed by atoms with van der Waals surface area (Å²) in [6.45, 7) is 2.13. The minimum Gasteiger partial charge on any atom is -0.493 e. The van der Waals surface area contributed by atoms with Crippen molar-refractivity contribution in [3.8, 4) is 11.5 Å². The standard InChI is InChI=1S/C28H27ClN2O5.C7H4Cl2O/c1-34-25-12-7-21(17-26(25)35-2)24(18-27(32)31-13-15-36-16-14-31)19-5-10-23(11-6-19)30-28(33)20-3-8-22(29)9-4-20;8-6-3-1-5(2-4-6)7(9)10/h3-12,17-18H,13-16H2,1-2H3,(H,30,33);1-4H. The van der Waals surface area contributed by atoms with Gasteiger partial charge >= 0.3 is 0 Å². The highest BCUT2D eigenvalue weighted by Crippen LogP contribution is 2.33. The van der Waals surface area contributed by atoms with Gasteiger partial charge in [0.25, 0.3) is 11.1 Å². The molecule has 1 saturated heterocycles. The van der Waals surface area contributed by atoms with E-state index in [4.69, 9.17) is 49.0 Å². The maximum Gasteiger partial charge on any atom is 0.255 e. The summed E-state index contributed by atoms with van der Waals surface area (Å²) in [5, 5.41) is 3.59. The number of ether oxygens (including phenoxy) is 3. The number of carbonyl (C=O) groups is 3. The van der Waals surface area contributed by atoms with E-state index in [2.05, 4.69) is 5.32 Å². The van der Waals surface area contributed by atoms with Crippen LogP contribution in [0.25, 0.3) is 5.57 Å². The Balaban J connectivity index is 0.000000409. The molecule has 0 unspecified atom stereocenters. The predicted octanol–water partition coefficient (Wildman–Crippen LogP) is 7.62. The van der Waals surface area contributed by atoms with Crippen LogP contribution in [0.1, 0.15) is 31.8 Å². The monoisotopic (exact) mass is 680 g/mol. The average molecular weight is 682 g/mol. The van der Waals surface area contributed by atoms with E-state index in [9.17, 15) is 14.4 Å². The Hall–Kier alpha value is -4.34. The van der Waals surface area contributed by atoms with Crippen molar-refractivity contribution in [2.24, 2.45) is 0 Å². The Morgan fingerprint density at radius 1 is 0.717 bits per heavy atom. The molecule has 0 radical (unpaired) electrons. The number of nitrogens with one attached hydrogen (secondary N) is 1. The zero-order valence-electron chi connectivity index (χ0n) is 25.1. The van der Waals surface area contributed by atoms with Gasteiger partial charge in [-0.1, -0.05) is 41.4 Å². The molecule has 238 valence electrons. The highest BCUT2D eigenvalue weighted by molar-refractivity contribution is 6.67. The molecule has 0 spiro atoms. The van der Waals surface area contributed by atoms with Gasteiger partial charge in [0.2, 0.25) is 5.91 Å². The van der Waals surface area contributed by atoms with Crippen molar-refractivity contribution in [2.75, 3.05) is 45.8 Å². The van der Waals surface area contributed by atoms with Crippen LogP contribution in [-0.2, 0) is 9.53 Å². The summed E-state index contributed by atoms with van der Waals surface area (Å²) in [6, 6.07) is 26.0. The normalized spacial score (nSPS) is 12.8. The number of hydrogen-bond donors (Lipinski definition) is 1. The molecule has 8 nitrogen and oxygen atoms in total. The zero-order chi connectivity index (χ0) is 33.1. The van der Waals surface area contributed by atoms with Gasteiger partial charge in [-0.15, -0.1) is 0 Å². The SMILES string of the molecule is COc1ccc(C(=CC(=O)N2CCOCC2)c2ccc(NC(=O)c3ccc(Cl)cc3)cc2)cc1OC.O=C(Cl)c1ccc(Cl)cc1. The fourth-order valence-corrected chi connectivity index (χ4v) is 4.83. The second-order valence-corrected chi connectivity index (χ2v) is 11.1. The molecule has 5 rings (SSSR count). The molecular formula is C35H31Cl3N2O6. The largest absolute Gasteiger partial charge is 0.493 e. The number of carbonyl (C=O) groups excluding carboxylic acids is 3. The lowest BCUT2D eigenvalue weighted by Crippen LogP contribution is -2.39. The third kappa shape index (κ3) is 9.58. The lowest BCUT2D eigenvalue weighted by molar-refractivity contribution is -0.129. The molecule has 1 aliphatic heterocycles. The molecule has 0 aliphatic carbocycles. The summed E-state index contributed by atoms with van der Waals surface area (Å²) in [6.07, 6.45) is 1.63.